The van der Waals surface area contributed by atoms with Gasteiger partial charge in [-0.15, -0.1) is 0 Å². The third kappa shape index (κ3) is 4.80. The van der Waals surface area contributed by atoms with Crippen LogP contribution in [0.1, 0.15) is 65.5 Å². The van der Waals surface area contributed by atoms with Crippen LogP contribution in [-0.2, 0) is 4.79 Å². The van der Waals surface area contributed by atoms with Gasteiger partial charge >= 0.3 is 0 Å². The van der Waals surface area contributed by atoms with Crippen molar-refractivity contribution in [3.63, 3.8) is 0 Å². The van der Waals surface area contributed by atoms with Crippen molar-refractivity contribution in [3.8, 4) is 17.2 Å². The second-order valence-corrected chi connectivity index (χ2v) is 9.84. The molecule has 2 aliphatic rings. The van der Waals surface area contributed by atoms with Crippen LogP contribution in [0.3, 0.4) is 0 Å². The lowest BCUT2D eigenvalue weighted by Crippen LogP contribution is -2.51. The Balaban J connectivity index is 1.64. The number of methoxy groups -OCH3 is 3. The fourth-order valence-corrected chi connectivity index (χ4v) is 5.87. The highest BCUT2D eigenvalue weighted by molar-refractivity contribution is 6.05. The number of rotatable bonds is 7. The Morgan fingerprint density at radius 3 is 2.21 bits per heavy atom. The monoisotopic (exact) mass is 514 g/mol. The highest BCUT2D eigenvalue weighted by Gasteiger charge is 2.46. The predicted octanol–water partition coefficient (Wildman–Crippen LogP) is 5.96. The first-order chi connectivity index (χ1) is 18.5. The maximum atomic E-state index is 14.3. The molecule has 198 valence electrons. The Bertz CT molecular complexity index is 1300. The molecule has 1 saturated carbocycles. The molecule has 0 aromatic heterocycles. The summed E-state index contributed by atoms with van der Waals surface area (Å²) in [5, 5.41) is 3.10. The van der Waals surface area contributed by atoms with E-state index in [-0.39, 0.29) is 17.9 Å². The number of benzene rings is 3. The van der Waals surface area contributed by atoms with Crippen molar-refractivity contribution >= 4 is 17.5 Å². The van der Waals surface area contributed by atoms with Crippen LogP contribution >= 0.6 is 0 Å². The average Bonchev–Trinajstić information content (AvgIpc) is 2.97. The first-order valence-corrected chi connectivity index (χ1v) is 13.1. The number of nitrogens with one attached hydrogen (secondary N) is 1. The van der Waals surface area contributed by atoms with Gasteiger partial charge < -0.3 is 24.4 Å². The molecule has 0 radical (unpaired) electrons. The number of nitrogens with zero attached hydrogens (tertiary/aromatic N) is 1. The Labute approximate surface area is 223 Å². The number of carbonyl (C=O) groups excluding carboxylic acids is 2. The van der Waals surface area contributed by atoms with E-state index in [2.05, 4.69) is 5.32 Å². The molecule has 1 fully saturated rings. The summed E-state index contributed by atoms with van der Waals surface area (Å²) in [4.78, 5) is 30.3. The summed E-state index contributed by atoms with van der Waals surface area (Å²) < 4.78 is 16.3. The van der Waals surface area contributed by atoms with E-state index in [1.54, 1.807) is 39.5 Å². The summed E-state index contributed by atoms with van der Waals surface area (Å²) >= 11 is 0. The summed E-state index contributed by atoms with van der Waals surface area (Å²) in [6, 6.07) is 20.1. The smallest absolute Gasteiger partial charge is 0.254 e. The molecule has 1 N–H and O–H groups in total. The topological polar surface area (TPSA) is 77.1 Å². The van der Waals surface area contributed by atoms with Crippen molar-refractivity contribution in [2.75, 3.05) is 26.6 Å². The zero-order valence-electron chi connectivity index (χ0n) is 22.1. The standard InChI is InChI=1S/C31H34N2O5/c1-36-22-15-13-20(14-16-22)29-28(30(34)32-26-19-23(37-2)17-18-27(26)38-3)24-11-7-8-12-25(24)31(35)33(29)21-9-5-4-6-10-21/h7-8,11-19,21,28-29H,4-6,9-10H2,1-3H3,(H,32,34)/t28-,29-/m0/s1. The van der Waals surface area contributed by atoms with Gasteiger partial charge in [0.25, 0.3) is 5.91 Å². The van der Waals surface area contributed by atoms with Crippen LogP contribution in [0.2, 0.25) is 0 Å². The van der Waals surface area contributed by atoms with Crippen molar-refractivity contribution in [3.05, 3.63) is 83.4 Å². The average molecular weight is 515 g/mol. The normalized spacial score (nSPS) is 19.4. The molecule has 7 nitrogen and oxygen atoms in total. The third-order valence-corrected chi connectivity index (χ3v) is 7.75. The Kier molecular flexibility index (Phi) is 7.54. The van der Waals surface area contributed by atoms with Crippen molar-refractivity contribution in [1.29, 1.82) is 0 Å². The summed E-state index contributed by atoms with van der Waals surface area (Å²) in [6.45, 7) is 0. The number of carbonyl (C=O) groups is 2. The quantitative estimate of drug-likeness (QED) is 0.421. The summed E-state index contributed by atoms with van der Waals surface area (Å²) in [6.07, 6.45) is 5.17. The molecule has 2 atom stereocenters. The van der Waals surface area contributed by atoms with E-state index in [0.29, 0.717) is 22.7 Å². The van der Waals surface area contributed by atoms with Gasteiger partial charge in [0, 0.05) is 17.7 Å². The lowest BCUT2D eigenvalue weighted by atomic mass is 9.77. The van der Waals surface area contributed by atoms with Crippen molar-refractivity contribution in [1.82, 2.24) is 4.90 Å². The van der Waals surface area contributed by atoms with Gasteiger partial charge in [-0.2, -0.15) is 0 Å². The van der Waals surface area contributed by atoms with E-state index in [0.717, 1.165) is 42.6 Å². The van der Waals surface area contributed by atoms with E-state index in [9.17, 15) is 9.59 Å². The van der Waals surface area contributed by atoms with E-state index in [1.807, 2.05) is 53.4 Å². The fourth-order valence-electron chi connectivity index (χ4n) is 5.87. The lowest BCUT2D eigenvalue weighted by molar-refractivity contribution is -0.119. The summed E-state index contributed by atoms with van der Waals surface area (Å²) in [7, 11) is 4.77. The van der Waals surface area contributed by atoms with Gasteiger partial charge in [0.1, 0.15) is 17.2 Å². The zero-order chi connectivity index (χ0) is 26.6. The first kappa shape index (κ1) is 25.6. The minimum atomic E-state index is -0.630. The molecule has 1 aliphatic heterocycles. The molecule has 0 bridgehead atoms. The van der Waals surface area contributed by atoms with Crippen LogP contribution in [0.5, 0.6) is 17.2 Å². The lowest BCUT2D eigenvalue weighted by Gasteiger charge is -2.46. The van der Waals surface area contributed by atoms with Crippen LogP contribution < -0.4 is 19.5 Å². The molecule has 0 spiro atoms. The fraction of sp³-hybridized carbons (Fsp3) is 0.355. The highest BCUT2D eigenvalue weighted by Crippen LogP contribution is 2.46. The Morgan fingerprint density at radius 2 is 1.53 bits per heavy atom. The third-order valence-electron chi connectivity index (χ3n) is 7.75. The molecule has 1 aliphatic carbocycles. The van der Waals surface area contributed by atoms with Gasteiger partial charge in [-0.3, -0.25) is 9.59 Å². The molecule has 2 amide bonds. The molecule has 0 unspecified atom stereocenters. The van der Waals surface area contributed by atoms with Crippen molar-refractivity contribution in [2.45, 2.75) is 50.1 Å². The number of amides is 2. The molecule has 1 heterocycles. The summed E-state index contributed by atoms with van der Waals surface area (Å²) in [5.41, 5.74) is 2.73. The van der Waals surface area contributed by atoms with Crippen LogP contribution in [0.15, 0.2) is 66.7 Å². The van der Waals surface area contributed by atoms with E-state index in [1.165, 1.54) is 6.42 Å². The van der Waals surface area contributed by atoms with Crippen molar-refractivity contribution in [2.24, 2.45) is 0 Å². The SMILES string of the molecule is COc1ccc([C@H]2[C@@H](C(=O)Nc3cc(OC)ccc3OC)c3ccccc3C(=O)N2C2CCCCC2)cc1. The second-order valence-electron chi connectivity index (χ2n) is 9.84. The number of ether oxygens (including phenoxy) is 3. The summed E-state index contributed by atoms with van der Waals surface area (Å²) in [5.74, 6) is 1.01. The van der Waals surface area contributed by atoms with Gasteiger partial charge in [-0.1, -0.05) is 49.6 Å². The largest absolute Gasteiger partial charge is 0.497 e. The Morgan fingerprint density at radius 1 is 0.842 bits per heavy atom. The van der Waals surface area contributed by atoms with Crippen LogP contribution in [0.25, 0.3) is 0 Å². The van der Waals surface area contributed by atoms with Crippen molar-refractivity contribution < 1.29 is 23.8 Å². The number of anilines is 1. The number of hydrogen-bond donors (Lipinski definition) is 1. The molecule has 5 rings (SSSR count). The van der Waals surface area contributed by atoms with Crippen LogP contribution in [-0.4, -0.2) is 44.1 Å². The van der Waals surface area contributed by atoms with Crippen LogP contribution in [0, 0.1) is 0 Å². The van der Waals surface area contributed by atoms with Gasteiger partial charge in [-0.05, 0) is 54.3 Å². The second kappa shape index (κ2) is 11.2. The molecule has 38 heavy (non-hydrogen) atoms. The molecule has 7 heteroatoms. The van der Waals surface area contributed by atoms with Gasteiger partial charge in [0.2, 0.25) is 5.91 Å². The molecule has 0 saturated heterocycles. The van der Waals surface area contributed by atoms with Gasteiger partial charge in [-0.25, -0.2) is 0 Å². The van der Waals surface area contributed by atoms with E-state index in [4.69, 9.17) is 14.2 Å². The van der Waals surface area contributed by atoms with E-state index < -0.39 is 12.0 Å². The maximum Gasteiger partial charge on any atom is 0.254 e. The maximum absolute atomic E-state index is 14.3. The number of fused-ring (bicyclic) bond motifs is 1. The minimum absolute atomic E-state index is 0.0173. The van der Waals surface area contributed by atoms with Crippen LogP contribution in [0.4, 0.5) is 5.69 Å². The molecular formula is C31H34N2O5. The van der Waals surface area contributed by atoms with Gasteiger partial charge in [0.05, 0.1) is 39.0 Å². The number of hydrogen-bond acceptors (Lipinski definition) is 5. The highest BCUT2D eigenvalue weighted by atomic mass is 16.5. The molecular weight excluding hydrogens is 480 g/mol. The van der Waals surface area contributed by atoms with E-state index >= 15 is 0 Å². The Hall–Kier alpha value is -4.00. The minimum Gasteiger partial charge on any atom is -0.497 e. The zero-order valence-corrected chi connectivity index (χ0v) is 22.1. The van der Waals surface area contributed by atoms with Gasteiger partial charge in [0.15, 0.2) is 0 Å². The molecule has 3 aromatic rings. The predicted molar refractivity (Wildman–Crippen MR) is 146 cm³/mol. The molecule has 3 aromatic carbocycles. The first-order valence-electron chi connectivity index (χ1n) is 13.1.